The van der Waals surface area contributed by atoms with E-state index in [0.29, 0.717) is 36.5 Å². The van der Waals surface area contributed by atoms with Gasteiger partial charge in [0.25, 0.3) is 0 Å². The first-order valence-corrected chi connectivity index (χ1v) is 11.7. The Morgan fingerprint density at radius 1 is 1.20 bits per heavy atom. The first kappa shape index (κ1) is 26.1. The molecule has 0 aliphatic carbocycles. The normalized spacial score (nSPS) is 15.9. The molecule has 1 aliphatic rings. The topological polar surface area (TPSA) is 155 Å². The number of amides is 3. The van der Waals surface area contributed by atoms with Gasteiger partial charge in [-0.05, 0) is 61.1 Å². The van der Waals surface area contributed by atoms with Crippen LogP contribution >= 0.6 is 11.6 Å². The summed E-state index contributed by atoms with van der Waals surface area (Å²) in [5.74, 6) is -3.81. The smallest absolute Gasteiger partial charge is 0.394 e. The van der Waals surface area contributed by atoms with Crippen LogP contribution in [-0.2, 0) is 38.7 Å². The molecule has 1 saturated heterocycles. The Labute approximate surface area is 207 Å². The number of nitrogens with one attached hydrogen (secondary N) is 2. The Hall–Kier alpha value is -3.50. The molecule has 0 radical (unpaired) electrons. The van der Waals surface area contributed by atoms with E-state index in [1.54, 1.807) is 42.6 Å². The Morgan fingerprint density at radius 2 is 2.00 bits per heavy atom. The Morgan fingerprint density at radius 3 is 2.69 bits per heavy atom. The number of halogens is 1. The fourth-order valence-corrected chi connectivity index (χ4v) is 4.27. The Balaban J connectivity index is 1.69. The van der Waals surface area contributed by atoms with Crippen LogP contribution in [-0.4, -0.2) is 57.3 Å². The summed E-state index contributed by atoms with van der Waals surface area (Å²) in [5, 5.41) is 14.7. The standard InChI is InChI=1S/C24H28ClN5O5/c25-17-7-6-15(13-26)16(12-17)14-28-21(31)20-5-3-11-30(20)23(33)19(29-22(32)24(34)35)9-8-18-4-1-2-10-27-18/h1-2,4,6-7,10,12,19-20H,3,5,8-9,11,13-14,26H2,(H,28,31)(H,29,32)(H,34,35)/t19?,20-/m0/s1. The number of pyridine rings is 1. The number of benzene rings is 1. The Bertz CT molecular complexity index is 1080. The molecule has 1 unspecified atom stereocenters. The van der Waals surface area contributed by atoms with Gasteiger partial charge in [0.05, 0.1) is 0 Å². The van der Waals surface area contributed by atoms with Crippen LogP contribution < -0.4 is 16.4 Å². The van der Waals surface area contributed by atoms with Gasteiger partial charge in [-0.25, -0.2) is 4.79 Å². The van der Waals surface area contributed by atoms with Crippen molar-refractivity contribution in [3.63, 3.8) is 0 Å². The maximum atomic E-state index is 13.3. The van der Waals surface area contributed by atoms with Crippen LogP contribution in [0.1, 0.15) is 36.1 Å². The molecule has 2 heterocycles. The zero-order valence-electron chi connectivity index (χ0n) is 19.1. The molecule has 1 aliphatic heterocycles. The molecule has 1 fully saturated rings. The third kappa shape index (κ3) is 7.00. The molecule has 2 atom stereocenters. The van der Waals surface area contributed by atoms with Gasteiger partial charge in [-0.2, -0.15) is 0 Å². The van der Waals surface area contributed by atoms with E-state index in [-0.39, 0.29) is 25.4 Å². The van der Waals surface area contributed by atoms with Gasteiger partial charge in [-0.3, -0.25) is 19.4 Å². The van der Waals surface area contributed by atoms with Gasteiger partial charge in [0.1, 0.15) is 12.1 Å². The lowest BCUT2D eigenvalue weighted by molar-refractivity contribution is -0.151. The molecule has 1 aromatic carbocycles. The third-order valence-corrected chi connectivity index (χ3v) is 6.13. The minimum absolute atomic E-state index is 0.141. The summed E-state index contributed by atoms with van der Waals surface area (Å²) in [6, 6.07) is 8.75. The van der Waals surface area contributed by atoms with Crippen LogP contribution in [0.25, 0.3) is 0 Å². The highest BCUT2D eigenvalue weighted by Gasteiger charge is 2.38. The van der Waals surface area contributed by atoms with Crippen molar-refractivity contribution < 1.29 is 24.3 Å². The van der Waals surface area contributed by atoms with Gasteiger partial charge in [0, 0.05) is 36.5 Å². The number of likely N-dealkylation sites (tertiary alicyclic amines) is 1. The SMILES string of the molecule is NCc1ccc(Cl)cc1CNC(=O)[C@@H]1CCCN1C(=O)C(CCc1ccccn1)NC(=O)C(=O)O. The summed E-state index contributed by atoms with van der Waals surface area (Å²) >= 11 is 6.07. The van der Waals surface area contributed by atoms with Crippen molar-refractivity contribution in [2.45, 2.75) is 50.9 Å². The number of hydrogen-bond acceptors (Lipinski definition) is 6. The highest BCUT2D eigenvalue weighted by molar-refractivity contribution is 6.32. The second kappa shape index (κ2) is 12.3. The van der Waals surface area contributed by atoms with E-state index in [9.17, 15) is 19.2 Å². The lowest BCUT2D eigenvalue weighted by Crippen LogP contribution is -2.54. The number of hydrogen-bond donors (Lipinski definition) is 4. The van der Waals surface area contributed by atoms with E-state index in [2.05, 4.69) is 15.6 Å². The van der Waals surface area contributed by atoms with Gasteiger partial charge >= 0.3 is 11.9 Å². The molecular formula is C24H28ClN5O5. The van der Waals surface area contributed by atoms with Gasteiger partial charge < -0.3 is 26.4 Å². The minimum atomic E-state index is -1.69. The molecular weight excluding hydrogens is 474 g/mol. The van der Waals surface area contributed by atoms with Crippen molar-refractivity contribution in [1.29, 1.82) is 0 Å². The predicted molar refractivity (Wildman–Crippen MR) is 128 cm³/mol. The van der Waals surface area contributed by atoms with Crippen LogP contribution in [0.15, 0.2) is 42.6 Å². The number of aryl methyl sites for hydroxylation is 1. The molecule has 10 nitrogen and oxygen atoms in total. The van der Waals surface area contributed by atoms with Gasteiger partial charge in [-0.15, -0.1) is 0 Å². The minimum Gasteiger partial charge on any atom is -0.474 e. The van der Waals surface area contributed by atoms with Crippen molar-refractivity contribution in [3.8, 4) is 0 Å². The van der Waals surface area contributed by atoms with E-state index in [1.165, 1.54) is 4.90 Å². The zero-order chi connectivity index (χ0) is 25.4. The van der Waals surface area contributed by atoms with Crippen LogP contribution in [0.4, 0.5) is 0 Å². The lowest BCUT2D eigenvalue weighted by atomic mass is 10.1. The van der Waals surface area contributed by atoms with Crippen LogP contribution in [0.3, 0.4) is 0 Å². The first-order chi connectivity index (χ1) is 16.8. The van der Waals surface area contributed by atoms with E-state index in [0.717, 1.165) is 11.1 Å². The first-order valence-electron chi connectivity index (χ1n) is 11.3. The molecule has 11 heteroatoms. The quantitative estimate of drug-likeness (QED) is 0.373. The van der Waals surface area contributed by atoms with Gasteiger partial charge in [-0.1, -0.05) is 23.7 Å². The lowest BCUT2D eigenvalue weighted by Gasteiger charge is -2.28. The van der Waals surface area contributed by atoms with E-state index in [4.69, 9.17) is 22.4 Å². The summed E-state index contributed by atoms with van der Waals surface area (Å²) in [5.41, 5.74) is 8.09. The molecule has 3 amide bonds. The van der Waals surface area contributed by atoms with E-state index in [1.807, 2.05) is 0 Å². The number of nitrogens with zero attached hydrogens (tertiary/aromatic N) is 2. The van der Waals surface area contributed by atoms with Crippen LogP contribution in [0, 0.1) is 0 Å². The van der Waals surface area contributed by atoms with Gasteiger partial charge in [0.2, 0.25) is 11.8 Å². The Kier molecular flexibility index (Phi) is 9.16. The fourth-order valence-electron chi connectivity index (χ4n) is 4.08. The molecule has 0 bridgehead atoms. The highest BCUT2D eigenvalue weighted by atomic mass is 35.5. The van der Waals surface area contributed by atoms with Crippen molar-refractivity contribution in [1.82, 2.24) is 20.5 Å². The van der Waals surface area contributed by atoms with E-state index >= 15 is 0 Å². The predicted octanol–water partition coefficient (Wildman–Crippen LogP) is 1.00. The monoisotopic (exact) mass is 501 g/mol. The molecule has 3 rings (SSSR count). The summed E-state index contributed by atoms with van der Waals surface area (Å²) in [6.07, 6.45) is 3.16. The second-order valence-corrected chi connectivity index (χ2v) is 8.65. The average Bonchev–Trinajstić information content (AvgIpc) is 3.35. The van der Waals surface area contributed by atoms with Crippen LogP contribution in [0.2, 0.25) is 5.02 Å². The van der Waals surface area contributed by atoms with Crippen molar-refractivity contribution in [2.24, 2.45) is 5.73 Å². The molecule has 2 aromatic rings. The van der Waals surface area contributed by atoms with Crippen LogP contribution in [0.5, 0.6) is 0 Å². The fraction of sp³-hybridized carbons (Fsp3) is 0.375. The molecule has 35 heavy (non-hydrogen) atoms. The molecule has 186 valence electrons. The van der Waals surface area contributed by atoms with Gasteiger partial charge in [0.15, 0.2) is 0 Å². The largest absolute Gasteiger partial charge is 0.474 e. The third-order valence-electron chi connectivity index (χ3n) is 5.89. The average molecular weight is 502 g/mol. The number of carbonyl (C=O) groups is 4. The number of carbonyl (C=O) groups excluding carboxylic acids is 3. The zero-order valence-corrected chi connectivity index (χ0v) is 19.8. The molecule has 0 saturated carbocycles. The maximum absolute atomic E-state index is 13.3. The van der Waals surface area contributed by atoms with E-state index < -0.39 is 29.9 Å². The summed E-state index contributed by atoms with van der Waals surface area (Å²) in [4.78, 5) is 54.9. The maximum Gasteiger partial charge on any atom is 0.394 e. The molecule has 0 spiro atoms. The van der Waals surface area contributed by atoms with Crippen molar-refractivity contribution in [3.05, 3.63) is 64.4 Å². The molecule has 1 aromatic heterocycles. The number of aliphatic carboxylic acids is 1. The summed E-state index contributed by atoms with van der Waals surface area (Å²) < 4.78 is 0. The number of rotatable bonds is 9. The second-order valence-electron chi connectivity index (χ2n) is 8.22. The summed E-state index contributed by atoms with van der Waals surface area (Å²) in [7, 11) is 0. The number of carboxylic acids is 1. The van der Waals surface area contributed by atoms with Crippen molar-refractivity contribution in [2.75, 3.05) is 6.54 Å². The molecule has 5 N–H and O–H groups in total. The number of nitrogens with two attached hydrogens (primary N) is 1. The number of aromatic nitrogens is 1. The highest BCUT2D eigenvalue weighted by Crippen LogP contribution is 2.21. The number of carboxylic acid groups (broad SMARTS) is 1. The summed E-state index contributed by atoms with van der Waals surface area (Å²) in [6.45, 7) is 0.812. The van der Waals surface area contributed by atoms with Crippen molar-refractivity contribution >= 4 is 35.3 Å².